The fourth-order valence-electron chi connectivity index (χ4n) is 1.93. The summed E-state index contributed by atoms with van der Waals surface area (Å²) < 4.78 is 47.6. The molecule has 1 unspecified atom stereocenters. The molecule has 0 saturated carbocycles. The molecule has 2 rings (SSSR count). The summed E-state index contributed by atoms with van der Waals surface area (Å²) in [5.74, 6) is -3.35. The molecule has 7 heteroatoms. The van der Waals surface area contributed by atoms with Gasteiger partial charge in [-0.2, -0.15) is 8.78 Å². The van der Waals surface area contributed by atoms with E-state index in [-0.39, 0.29) is 5.88 Å². The molecular formula is C15H13ClF2O3S. The van der Waals surface area contributed by atoms with Gasteiger partial charge in [-0.25, -0.2) is 8.42 Å². The molecule has 0 fully saturated rings. The second-order valence-corrected chi connectivity index (χ2v) is 6.85. The molecule has 118 valence electrons. The number of hydrogen-bond donors (Lipinski definition) is 1. The van der Waals surface area contributed by atoms with Crippen molar-refractivity contribution in [1.29, 1.82) is 0 Å². The van der Waals surface area contributed by atoms with Crippen LogP contribution in [0.3, 0.4) is 0 Å². The Hall–Kier alpha value is -1.50. The minimum atomic E-state index is -4.58. The van der Waals surface area contributed by atoms with E-state index < -0.39 is 26.6 Å². The number of benzene rings is 2. The van der Waals surface area contributed by atoms with Gasteiger partial charge in [0.15, 0.2) is 0 Å². The van der Waals surface area contributed by atoms with Gasteiger partial charge in [0.1, 0.15) is 0 Å². The van der Waals surface area contributed by atoms with Crippen LogP contribution in [0.2, 0.25) is 0 Å². The minimum absolute atomic E-state index is 0.0829. The molecule has 0 radical (unpaired) electrons. The van der Waals surface area contributed by atoms with E-state index in [4.69, 9.17) is 11.6 Å². The van der Waals surface area contributed by atoms with E-state index in [9.17, 15) is 22.3 Å². The van der Waals surface area contributed by atoms with Crippen LogP contribution < -0.4 is 0 Å². The van der Waals surface area contributed by atoms with Crippen LogP contribution >= 0.6 is 11.6 Å². The van der Waals surface area contributed by atoms with Crippen molar-refractivity contribution in [3.05, 3.63) is 54.1 Å². The summed E-state index contributed by atoms with van der Waals surface area (Å²) >= 11 is 5.56. The lowest BCUT2D eigenvalue weighted by molar-refractivity contribution is 0.202. The number of alkyl halides is 3. The maximum absolute atomic E-state index is 12.5. The highest BCUT2D eigenvalue weighted by molar-refractivity contribution is 7.91. The van der Waals surface area contributed by atoms with Crippen molar-refractivity contribution in [3.8, 4) is 11.1 Å². The van der Waals surface area contributed by atoms with Gasteiger partial charge in [-0.3, -0.25) is 0 Å². The first kappa shape index (κ1) is 16.9. The maximum Gasteiger partial charge on any atom is 0.341 e. The molecule has 0 bridgehead atoms. The Kier molecular flexibility index (Phi) is 5.16. The molecule has 0 aliphatic heterocycles. The minimum Gasteiger partial charge on any atom is -0.387 e. The molecule has 3 nitrogen and oxygen atoms in total. The molecule has 0 aliphatic rings. The van der Waals surface area contributed by atoms with Crippen molar-refractivity contribution in [3.63, 3.8) is 0 Å². The van der Waals surface area contributed by atoms with Gasteiger partial charge in [0.05, 0.1) is 16.9 Å². The Balaban J connectivity index is 2.28. The highest BCUT2D eigenvalue weighted by atomic mass is 35.5. The van der Waals surface area contributed by atoms with Crippen molar-refractivity contribution in [2.24, 2.45) is 0 Å². The summed E-state index contributed by atoms with van der Waals surface area (Å²) in [5.41, 5.74) is 2.11. The predicted octanol–water partition coefficient (Wildman–Crippen LogP) is 3.62. The average Bonchev–Trinajstić information content (AvgIpc) is 2.54. The summed E-state index contributed by atoms with van der Waals surface area (Å²) in [6.07, 6.45) is -0.755. The Morgan fingerprint density at radius 2 is 1.41 bits per heavy atom. The van der Waals surface area contributed by atoms with Crippen molar-refractivity contribution in [2.45, 2.75) is 16.8 Å². The van der Waals surface area contributed by atoms with Gasteiger partial charge < -0.3 is 5.11 Å². The van der Waals surface area contributed by atoms with E-state index in [1.807, 2.05) is 0 Å². The Morgan fingerprint density at radius 3 is 1.82 bits per heavy atom. The first-order valence-corrected chi connectivity index (χ1v) is 8.41. The molecule has 0 aliphatic carbocycles. The van der Waals surface area contributed by atoms with Crippen LogP contribution in [0.15, 0.2) is 53.4 Å². The Labute approximate surface area is 132 Å². The lowest BCUT2D eigenvalue weighted by Gasteiger charge is -2.09. The molecule has 1 atom stereocenters. The Bertz CT molecular complexity index is 728. The van der Waals surface area contributed by atoms with Crippen molar-refractivity contribution >= 4 is 21.4 Å². The third-order valence-electron chi connectivity index (χ3n) is 3.19. The predicted molar refractivity (Wildman–Crippen MR) is 80.7 cm³/mol. The van der Waals surface area contributed by atoms with Gasteiger partial charge in [0.25, 0.3) is 0 Å². The lowest BCUT2D eigenvalue weighted by atomic mass is 10.0. The highest BCUT2D eigenvalue weighted by Gasteiger charge is 2.26. The number of sulfone groups is 1. The second kappa shape index (κ2) is 6.73. The highest BCUT2D eigenvalue weighted by Crippen LogP contribution is 2.25. The van der Waals surface area contributed by atoms with Crippen molar-refractivity contribution < 1.29 is 22.3 Å². The third kappa shape index (κ3) is 3.45. The van der Waals surface area contributed by atoms with Crippen molar-refractivity contribution in [2.75, 3.05) is 5.88 Å². The van der Waals surface area contributed by atoms with Crippen LogP contribution in [0.25, 0.3) is 11.1 Å². The molecule has 0 aromatic heterocycles. The number of hydrogen-bond acceptors (Lipinski definition) is 3. The van der Waals surface area contributed by atoms with E-state index in [1.54, 1.807) is 24.3 Å². The fourth-order valence-corrected chi connectivity index (χ4v) is 2.83. The SMILES string of the molecule is O=S(=O)(c1ccc(-c2ccc(C(O)CCl)cc2)cc1)C(F)F. The number of aliphatic hydroxyl groups excluding tert-OH is 1. The lowest BCUT2D eigenvalue weighted by Crippen LogP contribution is -2.11. The van der Waals surface area contributed by atoms with E-state index in [0.717, 1.165) is 17.7 Å². The summed E-state index contributed by atoms with van der Waals surface area (Å²) in [5, 5.41) is 9.60. The van der Waals surface area contributed by atoms with Crippen LogP contribution in [0.5, 0.6) is 0 Å². The zero-order valence-corrected chi connectivity index (χ0v) is 12.9. The standard InChI is InChI=1S/C15H13ClF2O3S/c16-9-14(19)12-3-1-10(2-4-12)11-5-7-13(8-6-11)22(20,21)15(17)18/h1-8,14-15,19H,9H2. The zero-order chi connectivity index (χ0) is 16.3. The van der Waals surface area contributed by atoms with Gasteiger partial charge in [0, 0.05) is 0 Å². The summed E-state index contributed by atoms with van der Waals surface area (Å²) in [7, 11) is -4.58. The van der Waals surface area contributed by atoms with Crippen LogP contribution in [0.4, 0.5) is 8.78 Å². The first-order chi connectivity index (χ1) is 10.4. The molecule has 2 aromatic rings. The molecule has 1 N–H and O–H groups in total. The van der Waals surface area contributed by atoms with E-state index in [0.29, 0.717) is 11.1 Å². The summed E-state index contributed by atoms with van der Waals surface area (Å²) in [6, 6.07) is 12.1. The summed E-state index contributed by atoms with van der Waals surface area (Å²) in [6.45, 7) is 0. The van der Waals surface area contributed by atoms with Gasteiger partial charge in [-0.1, -0.05) is 36.4 Å². The molecule has 0 amide bonds. The number of rotatable bonds is 5. The maximum atomic E-state index is 12.5. The van der Waals surface area contributed by atoms with Gasteiger partial charge >= 0.3 is 5.76 Å². The fraction of sp³-hybridized carbons (Fsp3) is 0.200. The smallest absolute Gasteiger partial charge is 0.341 e. The summed E-state index contributed by atoms with van der Waals surface area (Å²) in [4.78, 5) is -0.416. The zero-order valence-electron chi connectivity index (χ0n) is 11.3. The van der Waals surface area contributed by atoms with Crippen LogP contribution in [0.1, 0.15) is 11.7 Å². The Morgan fingerprint density at radius 1 is 0.955 bits per heavy atom. The third-order valence-corrected chi connectivity index (χ3v) is 4.88. The number of aliphatic hydroxyl groups is 1. The van der Waals surface area contributed by atoms with Crippen LogP contribution in [-0.2, 0) is 9.84 Å². The first-order valence-electron chi connectivity index (χ1n) is 6.32. The topological polar surface area (TPSA) is 54.4 Å². The quantitative estimate of drug-likeness (QED) is 0.841. The largest absolute Gasteiger partial charge is 0.387 e. The van der Waals surface area contributed by atoms with Crippen LogP contribution in [0, 0.1) is 0 Å². The van der Waals surface area contributed by atoms with Gasteiger partial charge in [-0.15, -0.1) is 11.6 Å². The van der Waals surface area contributed by atoms with E-state index >= 15 is 0 Å². The van der Waals surface area contributed by atoms with E-state index in [1.165, 1.54) is 12.1 Å². The average molecular weight is 347 g/mol. The van der Waals surface area contributed by atoms with Crippen LogP contribution in [-0.4, -0.2) is 25.2 Å². The normalized spacial score (nSPS) is 13.3. The molecule has 22 heavy (non-hydrogen) atoms. The second-order valence-electron chi connectivity index (χ2n) is 4.62. The van der Waals surface area contributed by atoms with Gasteiger partial charge in [-0.05, 0) is 28.8 Å². The molecule has 0 saturated heterocycles. The molecule has 0 spiro atoms. The number of halogens is 3. The van der Waals surface area contributed by atoms with E-state index in [2.05, 4.69) is 0 Å². The monoisotopic (exact) mass is 346 g/mol. The van der Waals surface area contributed by atoms with Crippen molar-refractivity contribution in [1.82, 2.24) is 0 Å². The van der Waals surface area contributed by atoms with Gasteiger partial charge in [0.2, 0.25) is 9.84 Å². The molecule has 0 heterocycles. The molecule has 2 aromatic carbocycles. The molecular weight excluding hydrogens is 334 g/mol.